The summed E-state index contributed by atoms with van der Waals surface area (Å²) < 4.78 is 0. The minimum absolute atomic E-state index is 0.418. The van der Waals surface area contributed by atoms with Crippen molar-refractivity contribution < 1.29 is 0 Å². The van der Waals surface area contributed by atoms with Gasteiger partial charge in [-0.25, -0.2) is 0 Å². The van der Waals surface area contributed by atoms with E-state index in [4.69, 9.17) is 0 Å². The highest BCUT2D eigenvalue weighted by Gasteiger charge is 2.45. The summed E-state index contributed by atoms with van der Waals surface area (Å²) >= 11 is 0. The Bertz CT molecular complexity index is 304. The summed E-state index contributed by atoms with van der Waals surface area (Å²) in [5.74, 6) is 1.80. The van der Waals surface area contributed by atoms with E-state index in [2.05, 4.69) is 39.8 Å². The van der Waals surface area contributed by atoms with Crippen LogP contribution in [0.4, 0.5) is 0 Å². The number of fused-ring (bicyclic) bond motifs is 1. The molecule has 0 bridgehead atoms. The van der Waals surface area contributed by atoms with Crippen LogP contribution in [0.1, 0.15) is 53.4 Å². The topological polar surface area (TPSA) is 0 Å². The van der Waals surface area contributed by atoms with E-state index in [9.17, 15) is 0 Å². The molecule has 0 aromatic carbocycles. The van der Waals surface area contributed by atoms with Gasteiger partial charge in [-0.05, 0) is 49.5 Å². The predicted octanol–water partition coefficient (Wildman–Crippen LogP) is 4.73. The molecule has 2 rings (SSSR count). The van der Waals surface area contributed by atoms with Gasteiger partial charge in [0.15, 0.2) is 0 Å². The van der Waals surface area contributed by atoms with Crippen molar-refractivity contribution in [3.8, 4) is 0 Å². The van der Waals surface area contributed by atoms with Crippen LogP contribution in [0, 0.1) is 17.3 Å². The zero-order valence-corrected chi connectivity index (χ0v) is 10.6. The van der Waals surface area contributed by atoms with Gasteiger partial charge < -0.3 is 0 Å². The molecule has 2 aliphatic carbocycles. The van der Waals surface area contributed by atoms with Crippen molar-refractivity contribution >= 4 is 0 Å². The van der Waals surface area contributed by atoms with E-state index in [1.807, 2.05) is 0 Å². The number of rotatable bonds is 1. The number of hydrogen-bond acceptors (Lipinski definition) is 0. The Labute approximate surface area is 94.5 Å². The minimum Gasteiger partial charge on any atom is -0.0874 e. The van der Waals surface area contributed by atoms with Gasteiger partial charge in [0.05, 0.1) is 0 Å². The van der Waals surface area contributed by atoms with E-state index >= 15 is 0 Å². The van der Waals surface area contributed by atoms with Crippen molar-refractivity contribution in [3.05, 3.63) is 23.3 Å². The molecule has 0 aliphatic heterocycles. The maximum atomic E-state index is 2.45. The standard InChI is InChI=1S/C15H24/c1-5-8-13-11(2)12-9-6-7-10-14(12)15(13,3)4/h5,8,12,14H,6-7,9-10H2,1-4H3/b8-5+. The second-order valence-electron chi connectivity index (χ2n) is 5.82. The molecule has 0 aromatic heterocycles. The third-order valence-electron chi connectivity index (χ3n) is 4.70. The third-order valence-corrected chi connectivity index (χ3v) is 4.70. The van der Waals surface area contributed by atoms with Crippen molar-refractivity contribution in [1.82, 2.24) is 0 Å². The van der Waals surface area contributed by atoms with E-state index < -0.39 is 0 Å². The maximum Gasteiger partial charge on any atom is -0.00702 e. The van der Waals surface area contributed by atoms with Gasteiger partial charge in [-0.3, -0.25) is 0 Å². The largest absolute Gasteiger partial charge is 0.0874 e. The van der Waals surface area contributed by atoms with Gasteiger partial charge in [0, 0.05) is 0 Å². The summed E-state index contributed by atoms with van der Waals surface area (Å²) in [6, 6.07) is 0. The quantitative estimate of drug-likeness (QED) is 0.579. The lowest BCUT2D eigenvalue weighted by Gasteiger charge is -2.36. The van der Waals surface area contributed by atoms with Crippen LogP contribution < -0.4 is 0 Å². The lowest BCUT2D eigenvalue weighted by atomic mass is 9.68. The molecule has 2 unspecified atom stereocenters. The van der Waals surface area contributed by atoms with Gasteiger partial charge in [0.1, 0.15) is 0 Å². The first kappa shape index (κ1) is 11.0. The minimum atomic E-state index is 0.418. The molecule has 0 heterocycles. The monoisotopic (exact) mass is 204 g/mol. The molecule has 0 N–H and O–H groups in total. The fraction of sp³-hybridized carbons (Fsp3) is 0.733. The van der Waals surface area contributed by atoms with Crippen LogP contribution in [-0.2, 0) is 0 Å². The Kier molecular flexibility index (Phi) is 2.79. The predicted molar refractivity (Wildman–Crippen MR) is 66.7 cm³/mol. The summed E-state index contributed by atoms with van der Waals surface area (Å²) in [4.78, 5) is 0. The van der Waals surface area contributed by atoms with Crippen LogP contribution in [0.5, 0.6) is 0 Å². The number of allylic oxidation sites excluding steroid dienone is 4. The third kappa shape index (κ3) is 1.58. The summed E-state index contributed by atoms with van der Waals surface area (Å²) in [7, 11) is 0. The van der Waals surface area contributed by atoms with E-state index in [0.717, 1.165) is 11.8 Å². The van der Waals surface area contributed by atoms with Crippen molar-refractivity contribution in [3.63, 3.8) is 0 Å². The molecular formula is C15H24. The van der Waals surface area contributed by atoms with Crippen molar-refractivity contribution in [2.24, 2.45) is 17.3 Å². The molecule has 0 spiro atoms. The molecule has 1 fully saturated rings. The van der Waals surface area contributed by atoms with Crippen LogP contribution in [0.3, 0.4) is 0 Å². The molecule has 0 saturated heterocycles. The average Bonchev–Trinajstić information content (AvgIpc) is 2.41. The molecule has 0 nitrogen and oxygen atoms in total. The summed E-state index contributed by atoms with van der Waals surface area (Å²) in [6.45, 7) is 9.40. The van der Waals surface area contributed by atoms with Crippen LogP contribution in [-0.4, -0.2) is 0 Å². The summed E-state index contributed by atoms with van der Waals surface area (Å²) in [5, 5.41) is 0. The van der Waals surface area contributed by atoms with Crippen molar-refractivity contribution in [2.45, 2.75) is 53.4 Å². The SMILES string of the molecule is C/C=C/C1=C(C)C2CCCCC2C1(C)C. The van der Waals surface area contributed by atoms with Crippen LogP contribution in [0.2, 0.25) is 0 Å². The fourth-order valence-electron chi connectivity index (χ4n) is 3.93. The molecule has 1 saturated carbocycles. The lowest BCUT2D eigenvalue weighted by molar-refractivity contribution is 0.176. The molecular weight excluding hydrogens is 180 g/mol. The molecule has 0 heteroatoms. The molecule has 0 radical (unpaired) electrons. The highest BCUT2D eigenvalue weighted by Crippen LogP contribution is 2.56. The van der Waals surface area contributed by atoms with Gasteiger partial charge in [0.25, 0.3) is 0 Å². The smallest absolute Gasteiger partial charge is 0.00702 e. The zero-order valence-electron chi connectivity index (χ0n) is 10.6. The second-order valence-corrected chi connectivity index (χ2v) is 5.82. The average molecular weight is 204 g/mol. The van der Waals surface area contributed by atoms with E-state index in [0.29, 0.717) is 5.41 Å². The fourth-order valence-corrected chi connectivity index (χ4v) is 3.93. The van der Waals surface area contributed by atoms with Gasteiger partial charge in [-0.2, -0.15) is 0 Å². The Balaban J connectivity index is 2.38. The molecule has 2 aliphatic rings. The Morgan fingerprint density at radius 1 is 1.20 bits per heavy atom. The summed E-state index contributed by atoms with van der Waals surface area (Å²) in [6.07, 6.45) is 10.3. The van der Waals surface area contributed by atoms with Crippen LogP contribution in [0.25, 0.3) is 0 Å². The molecule has 0 amide bonds. The molecule has 2 atom stereocenters. The van der Waals surface area contributed by atoms with Crippen LogP contribution in [0.15, 0.2) is 23.3 Å². The number of hydrogen-bond donors (Lipinski definition) is 0. The highest BCUT2D eigenvalue weighted by atomic mass is 14.5. The van der Waals surface area contributed by atoms with E-state index in [1.54, 1.807) is 11.1 Å². The van der Waals surface area contributed by atoms with Crippen molar-refractivity contribution in [2.75, 3.05) is 0 Å². The first-order valence-corrected chi connectivity index (χ1v) is 6.43. The van der Waals surface area contributed by atoms with E-state index in [-0.39, 0.29) is 0 Å². The first-order chi connectivity index (χ1) is 7.09. The Hall–Kier alpha value is -0.520. The van der Waals surface area contributed by atoms with Gasteiger partial charge >= 0.3 is 0 Å². The highest BCUT2D eigenvalue weighted by molar-refractivity contribution is 5.38. The molecule has 15 heavy (non-hydrogen) atoms. The van der Waals surface area contributed by atoms with Gasteiger partial charge in [-0.15, -0.1) is 0 Å². The van der Waals surface area contributed by atoms with Gasteiger partial charge in [-0.1, -0.05) is 44.4 Å². The summed E-state index contributed by atoms with van der Waals surface area (Å²) in [5.41, 5.74) is 3.73. The lowest BCUT2D eigenvalue weighted by Crippen LogP contribution is -2.27. The normalized spacial score (nSPS) is 34.9. The van der Waals surface area contributed by atoms with Gasteiger partial charge in [0.2, 0.25) is 0 Å². The van der Waals surface area contributed by atoms with Crippen molar-refractivity contribution in [1.29, 1.82) is 0 Å². The van der Waals surface area contributed by atoms with Crippen LogP contribution >= 0.6 is 0 Å². The Morgan fingerprint density at radius 3 is 2.47 bits per heavy atom. The Morgan fingerprint density at radius 2 is 1.87 bits per heavy atom. The zero-order chi connectivity index (χ0) is 11.1. The van der Waals surface area contributed by atoms with E-state index in [1.165, 1.54) is 25.7 Å². The second kappa shape index (κ2) is 3.81. The maximum absolute atomic E-state index is 2.45. The molecule has 84 valence electrons. The molecule has 0 aromatic rings. The first-order valence-electron chi connectivity index (χ1n) is 6.43.